The summed E-state index contributed by atoms with van der Waals surface area (Å²) in [6.45, 7) is 2.21. The fourth-order valence-electron chi connectivity index (χ4n) is 3.30. The molecule has 3 nitrogen and oxygen atoms in total. The maximum Gasteiger partial charge on any atom is 0.178 e. The van der Waals surface area contributed by atoms with Crippen molar-refractivity contribution in [2.75, 3.05) is 0 Å². The first-order valence-electron chi connectivity index (χ1n) is 9.59. The number of hydrogen-bond donors (Lipinski definition) is 0. The molecule has 0 saturated carbocycles. The number of aromatic nitrogens is 3. The number of pyridine rings is 1. The molecule has 0 N–H and O–H groups in total. The summed E-state index contributed by atoms with van der Waals surface area (Å²) >= 11 is 0. The zero-order chi connectivity index (χ0) is 18.5. The minimum Gasteiger partial charge on any atom is -0.249 e. The molecule has 2 heterocycles. The van der Waals surface area contributed by atoms with Crippen LogP contribution in [-0.2, 0) is 12.8 Å². The SMILES string of the molecule is CCCCc1nc(-c2cccc(Cc3ccccc3)n2)nc2ccccc12. The second kappa shape index (κ2) is 8.09. The first-order valence-corrected chi connectivity index (χ1v) is 9.59. The molecular weight excluding hydrogens is 330 g/mol. The lowest BCUT2D eigenvalue weighted by Crippen LogP contribution is -2.01. The van der Waals surface area contributed by atoms with Crippen LogP contribution >= 0.6 is 0 Å². The number of benzene rings is 2. The third-order valence-corrected chi connectivity index (χ3v) is 4.71. The van der Waals surface area contributed by atoms with E-state index in [-0.39, 0.29) is 0 Å². The van der Waals surface area contributed by atoms with Gasteiger partial charge in [-0.05, 0) is 36.6 Å². The van der Waals surface area contributed by atoms with E-state index in [0.29, 0.717) is 0 Å². The molecule has 4 aromatic rings. The fraction of sp³-hybridized carbons (Fsp3) is 0.208. The van der Waals surface area contributed by atoms with Crippen LogP contribution in [0.3, 0.4) is 0 Å². The van der Waals surface area contributed by atoms with Gasteiger partial charge in [0, 0.05) is 17.5 Å². The Labute approximate surface area is 160 Å². The van der Waals surface area contributed by atoms with Crippen molar-refractivity contribution in [3.05, 3.63) is 89.7 Å². The molecule has 0 amide bonds. The number of para-hydroxylation sites is 1. The fourth-order valence-corrected chi connectivity index (χ4v) is 3.30. The monoisotopic (exact) mass is 353 g/mol. The summed E-state index contributed by atoms with van der Waals surface area (Å²) in [6.07, 6.45) is 4.06. The summed E-state index contributed by atoms with van der Waals surface area (Å²) in [7, 11) is 0. The third-order valence-electron chi connectivity index (χ3n) is 4.71. The van der Waals surface area contributed by atoms with Crippen LogP contribution in [0.4, 0.5) is 0 Å². The molecule has 27 heavy (non-hydrogen) atoms. The molecule has 4 rings (SSSR count). The van der Waals surface area contributed by atoms with E-state index in [0.717, 1.165) is 59.5 Å². The van der Waals surface area contributed by atoms with Gasteiger partial charge in [-0.2, -0.15) is 0 Å². The minimum atomic E-state index is 0.717. The average Bonchev–Trinajstić information content (AvgIpc) is 2.73. The highest BCUT2D eigenvalue weighted by atomic mass is 14.9. The Bertz CT molecular complexity index is 1040. The quantitative estimate of drug-likeness (QED) is 0.451. The standard InChI is InChI=1S/C24H23N3/c1-2-3-14-21-20-13-7-8-15-22(20)27-24(26-21)23-16-9-12-19(25-23)17-18-10-5-4-6-11-18/h4-13,15-16H,2-3,14,17H2,1H3. The maximum absolute atomic E-state index is 4.88. The van der Waals surface area contributed by atoms with Crippen molar-refractivity contribution in [3.8, 4) is 11.5 Å². The van der Waals surface area contributed by atoms with Gasteiger partial charge in [0.25, 0.3) is 0 Å². The van der Waals surface area contributed by atoms with Crippen LogP contribution in [0, 0.1) is 0 Å². The van der Waals surface area contributed by atoms with Crippen molar-refractivity contribution >= 4 is 10.9 Å². The highest BCUT2D eigenvalue weighted by molar-refractivity contribution is 5.82. The highest BCUT2D eigenvalue weighted by Crippen LogP contribution is 2.22. The smallest absolute Gasteiger partial charge is 0.178 e. The Morgan fingerprint density at radius 1 is 0.741 bits per heavy atom. The molecule has 0 fully saturated rings. The Balaban J connectivity index is 1.72. The molecular formula is C24H23N3. The van der Waals surface area contributed by atoms with E-state index in [9.17, 15) is 0 Å². The van der Waals surface area contributed by atoms with Gasteiger partial charge in [0.05, 0.1) is 11.2 Å². The van der Waals surface area contributed by atoms with Gasteiger partial charge in [0.15, 0.2) is 5.82 Å². The minimum absolute atomic E-state index is 0.717. The Morgan fingerprint density at radius 2 is 1.56 bits per heavy atom. The van der Waals surface area contributed by atoms with Gasteiger partial charge in [0.2, 0.25) is 0 Å². The number of hydrogen-bond acceptors (Lipinski definition) is 3. The van der Waals surface area contributed by atoms with E-state index in [1.54, 1.807) is 0 Å². The average molecular weight is 353 g/mol. The van der Waals surface area contributed by atoms with E-state index >= 15 is 0 Å². The molecule has 0 unspecified atom stereocenters. The van der Waals surface area contributed by atoms with Crippen molar-refractivity contribution in [1.29, 1.82) is 0 Å². The largest absolute Gasteiger partial charge is 0.249 e. The van der Waals surface area contributed by atoms with Gasteiger partial charge in [-0.25, -0.2) is 15.0 Å². The molecule has 2 aromatic carbocycles. The van der Waals surface area contributed by atoms with E-state index in [1.165, 1.54) is 5.56 Å². The molecule has 0 atom stereocenters. The lowest BCUT2D eigenvalue weighted by atomic mass is 10.1. The summed E-state index contributed by atoms with van der Waals surface area (Å²) in [6, 6.07) is 24.8. The van der Waals surface area contributed by atoms with Crippen LogP contribution in [0.2, 0.25) is 0 Å². The molecule has 0 aliphatic rings. The Morgan fingerprint density at radius 3 is 2.41 bits per heavy atom. The number of nitrogens with zero attached hydrogens (tertiary/aromatic N) is 3. The zero-order valence-electron chi connectivity index (χ0n) is 15.6. The topological polar surface area (TPSA) is 38.7 Å². The Kier molecular flexibility index (Phi) is 5.20. The van der Waals surface area contributed by atoms with Crippen molar-refractivity contribution in [3.63, 3.8) is 0 Å². The van der Waals surface area contributed by atoms with E-state index in [2.05, 4.69) is 55.5 Å². The first-order chi connectivity index (χ1) is 13.3. The van der Waals surface area contributed by atoms with Gasteiger partial charge < -0.3 is 0 Å². The number of rotatable bonds is 6. The predicted octanol–water partition coefficient (Wildman–Crippen LogP) is 5.63. The van der Waals surface area contributed by atoms with Gasteiger partial charge in [-0.1, -0.05) is 67.9 Å². The summed E-state index contributed by atoms with van der Waals surface area (Å²) in [4.78, 5) is 14.5. The maximum atomic E-state index is 4.88. The van der Waals surface area contributed by atoms with Crippen LogP contribution in [0.1, 0.15) is 36.7 Å². The molecule has 0 aliphatic carbocycles. The van der Waals surface area contributed by atoms with Crippen molar-refractivity contribution < 1.29 is 0 Å². The van der Waals surface area contributed by atoms with E-state index in [1.807, 2.05) is 24.3 Å². The van der Waals surface area contributed by atoms with E-state index < -0.39 is 0 Å². The third kappa shape index (κ3) is 4.03. The summed E-state index contributed by atoms with van der Waals surface area (Å²) in [5.41, 5.74) is 5.24. The lowest BCUT2D eigenvalue weighted by Gasteiger charge is -2.09. The lowest BCUT2D eigenvalue weighted by molar-refractivity contribution is 0.780. The zero-order valence-corrected chi connectivity index (χ0v) is 15.6. The number of unbranched alkanes of at least 4 members (excludes halogenated alkanes) is 1. The van der Waals surface area contributed by atoms with Crippen LogP contribution in [0.25, 0.3) is 22.4 Å². The van der Waals surface area contributed by atoms with Gasteiger partial charge in [-0.3, -0.25) is 0 Å². The second-order valence-electron chi connectivity index (χ2n) is 6.79. The molecule has 134 valence electrons. The predicted molar refractivity (Wildman–Crippen MR) is 111 cm³/mol. The molecule has 0 radical (unpaired) electrons. The normalized spacial score (nSPS) is 11.0. The van der Waals surface area contributed by atoms with Gasteiger partial charge in [-0.15, -0.1) is 0 Å². The van der Waals surface area contributed by atoms with Crippen LogP contribution in [0.5, 0.6) is 0 Å². The first kappa shape index (κ1) is 17.3. The summed E-state index contributed by atoms with van der Waals surface area (Å²) in [5, 5.41) is 1.15. The van der Waals surface area contributed by atoms with Gasteiger partial charge in [0.1, 0.15) is 5.69 Å². The molecule has 2 aromatic heterocycles. The molecule has 3 heteroatoms. The molecule has 0 saturated heterocycles. The van der Waals surface area contributed by atoms with Crippen LogP contribution < -0.4 is 0 Å². The second-order valence-corrected chi connectivity index (χ2v) is 6.79. The summed E-state index contributed by atoms with van der Waals surface area (Å²) < 4.78 is 0. The Hall–Kier alpha value is -3.07. The van der Waals surface area contributed by atoms with Gasteiger partial charge >= 0.3 is 0 Å². The molecule has 0 aliphatic heterocycles. The number of aryl methyl sites for hydroxylation is 1. The highest BCUT2D eigenvalue weighted by Gasteiger charge is 2.11. The molecule has 0 spiro atoms. The number of fused-ring (bicyclic) bond motifs is 1. The molecule has 0 bridgehead atoms. The van der Waals surface area contributed by atoms with Crippen molar-refractivity contribution in [2.45, 2.75) is 32.6 Å². The van der Waals surface area contributed by atoms with Crippen molar-refractivity contribution in [2.24, 2.45) is 0 Å². The van der Waals surface area contributed by atoms with Crippen molar-refractivity contribution in [1.82, 2.24) is 15.0 Å². The van der Waals surface area contributed by atoms with Crippen LogP contribution in [-0.4, -0.2) is 15.0 Å². The van der Waals surface area contributed by atoms with Crippen LogP contribution in [0.15, 0.2) is 72.8 Å². The summed E-state index contributed by atoms with van der Waals surface area (Å²) in [5.74, 6) is 0.717. The van der Waals surface area contributed by atoms with E-state index in [4.69, 9.17) is 15.0 Å².